The standard InChI is InChI=1S/C16H21N3O4/c1-10(2)17-16(20)11-3-6-14(15(7-11)19(21)22)18-8-12-4-5-13(9-18)23-12/h3,6-7,10,12-13H,4-5,8-9H2,1-2H3,(H,17,20). The van der Waals surface area contributed by atoms with Gasteiger partial charge in [-0.05, 0) is 38.8 Å². The molecule has 2 aliphatic rings. The molecule has 0 aliphatic carbocycles. The molecular formula is C16H21N3O4. The van der Waals surface area contributed by atoms with Crippen LogP contribution in [0, 0.1) is 10.1 Å². The summed E-state index contributed by atoms with van der Waals surface area (Å²) in [5.74, 6) is -0.295. The van der Waals surface area contributed by atoms with E-state index >= 15 is 0 Å². The Balaban J connectivity index is 1.88. The van der Waals surface area contributed by atoms with Crippen LogP contribution in [-0.4, -0.2) is 42.2 Å². The van der Waals surface area contributed by atoms with E-state index in [-0.39, 0.29) is 29.8 Å². The average molecular weight is 319 g/mol. The SMILES string of the molecule is CC(C)NC(=O)c1ccc(N2CC3CCC(C2)O3)c([N+](=O)[O-])c1. The number of hydrogen-bond donors (Lipinski definition) is 1. The van der Waals surface area contributed by atoms with Gasteiger partial charge in [0.25, 0.3) is 11.6 Å². The fraction of sp³-hybridized carbons (Fsp3) is 0.562. The average Bonchev–Trinajstić information content (AvgIpc) is 2.84. The van der Waals surface area contributed by atoms with E-state index in [0.29, 0.717) is 24.3 Å². The van der Waals surface area contributed by atoms with Crippen molar-refractivity contribution >= 4 is 17.3 Å². The van der Waals surface area contributed by atoms with Gasteiger partial charge in [-0.2, -0.15) is 0 Å². The molecule has 2 unspecified atom stereocenters. The number of ether oxygens (including phenoxy) is 1. The molecule has 1 aromatic rings. The first-order chi connectivity index (χ1) is 10.9. The molecule has 2 atom stereocenters. The van der Waals surface area contributed by atoms with Crippen molar-refractivity contribution in [3.8, 4) is 0 Å². The molecule has 23 heavy (non-hydrogen) atoms. The number of rotatable bonds is 4. The third-order valence-electron chi connectivity index (χ3n) is 4.24. The zero-order chi connectivity index (χ0) is 16.6. The molecule has 3 rings (SSSR count). The van der Waals surface area contributed by atoms with Gasteiger partial charge in [-0.3, -0.25) is 14.9 Å². The van der Waals surface area contributed by atoms with Gasteiger partial charge < -0.3 is 15.0 Å². The lowest BCUT2D eigenvalue weighted by molar-refractivity contribution is -0.384. The van der Waals surface area contributed by atoms with Gasteiger partial charge in [0.1, 0.15) is 5.69 Å². The highest BCUT2D eigenvalue weighted by atomic mass is 16.6. The van der Waals surface area contributed by atoms with Crippen LogP contribution in [-0.2, 0) is 4.74 Å². The highest BCUT2D eigenvalue weighted by Crippen LogP contribution is 2.35. The van der Waals surface area contributed by atoms with E-state index in [1.807, 2.05) is 18.7 Å². The number of carbonyl (C=O) groups is 1. The van der Waals surface area contributed by atoms with E-state index in [1.54, 1.807) is 12.1 Å². The van der Waals surface area contributed by atoms with E-state index in [1.165, 1.54) is 6.07 Å². The van der Waals surface area contributed by atoms with Crippen LogP contribution in [0.4, 0.5) is 11.4 Å². The number of anilines is 1. The molecule has 0 aromatic heterocycles. The van der Waals surface area contributed by atoms with Crippen LogP contribution in [0.1, 0.15) is 37.0 Å². The fourth-order valence-corrected chi connectivity index (χ4v) is 3.24. The Bertz CT molecular complexity index is 620. The lowest BCUT2D eigenvalue weighted by Gasteiger charge is -2.33. The molecule has 1 amide bonds. The minimum absolute atomic E-state index is 0.0175. The van der Waals surface area contributed by atoms with E-state index in [2.05, 4.69) is 5.32 Å². The first-order valence-electron chi connectivity index (χ1n) is 7.93. The van der Waals surface area contributed by atoms with Crippen molar-refractivity contribution in [3.63, 3.8) is 0 Å². The number of benzene rings is 1. The number of nitrogens with one attached hydrogen (secondary N) is 1. The van der Waals surface area contributed by atoms with Crippen LogP contribution in [0.2, 0.25) is 0 Å². The number of nitrogens with zero attached hydrogens (tertiary/aromatic N) is 2. The van der Waals surface area contributed by atoms with Crippen molar-refractivity contribution in [1.29, 1.82) is 0 Å². The molecule has 2 aliphatic heterocycles. The summed E-state index contributed by atoms with van der Waals surface area (Å²) in [6.07, 6.45) is 2.31. The fourth-order valence-electron chi connectivity index (χ4n) is 3.24. The molecule has 2 fully saturated rings. The summed E-state index contributed by atoms with van der Waals surface area (Å²) < 4.78 is 5.78. The van der Waals surface area contributed by atoms with Gasteiger partial charge in [-0.15, -0.1) is 0 Å². The molecule has 0 spiro atoms. The molecule has 0 saturated carbocycles. The largest absolute Gasteiger partial charge is 0.371 e. The van der Waals surface area contributed by atoms with Crippen LogP contribution in [0.25, 0.3) is 0 Å². The van der Waals surface area contributed by atoms with Crippen LogP contribution < -0.4 is 10.2 Å². The summed E-state index contributed by atoms with van der Waals surface area (Å²) in [5.41, 5.74) is 0.851. The monoisotopic (exact) mass is 319 g/mol. The van der Waals surface area contributed by atoms with Crippen molar-refractivity contribution in [2.45, 2.75) is 44.9 Å². The first-order valence-corrected chi connectivity index (χ1v) is 7.93. The van der Waals surface area contributed by atoms with E-state index in [4.69, 9.17) is 4.74 Å². The van der Waals surface area contributed by atoms with Crippen molar-refractivity contribution in [1.82, 2.24) is 5.32 Å². The summed E-state index contributed by atoms with van der Waals surface area (Å²) in [7, 11) is 0. The topological polar surface area (TPSA) is 84.7 Å². The summed E-state index contributed by atoms with van der Waals surface area (Å²) in [6.45, 7) is 5.03. The molecule has 2 saturated heterocycles. The van der Waals surface area contributed by atoms with Gasteiger partial charge in [0.15, 0.2) is 0 Å². The number of nitro benzene ring substituents is 1. The second kappa shape index (κ2) is 6.16. The lowest BCUT2D eigenvalue weighted by atomic mass is 10.1. The zero-order valence-electron chi connectivity index (χ0n) is 13.3. The zero-order valence-corrected chi connectivity index (χ0v) is 13.3. The minimum atomic E-state index is -0.418. The Hall–Kier alpha value is -2.15. The van der Waals surface area contributed by atoms with Gasteiger partial charge in [0.05, 0.1) is 17.1 Å². The Kier molecular flexibility index (Phi) is 4.21. The molecule has 2 heterocycles. The van der Waals surface area contributed by atoms with Gasteiger partial charge in [-0.25, -0.2) is 0 Å². The third kappa shape index (κ3) is 3.29. The second-order valence-electron chi connectivity index (χ2n) is 6.45. The van der Waals surface area contributed by atoms with Crippen LogP contribution in [0.5, 0.6) is 0 Å². The summed E-state index contributed by atoms with van der Waals surface area (Å²) in [5, 5.41) is 14.2. The predicted octanol–water partition coefficient (Wildman–Crippen LogP) is 2.10. The number of hydrogen-bond acceptors (Lipinski definition) is 5. The summed E-state index contributed by atoms with van der Waals surface area (Å²) in [6, 6.07) is 4.68. The maximum Gasteiger partial charge on any atom is 0.293 e. The Morgan fingerprint density at radius 2 is 2.00 bits per heavy atom. The van der Waals surface area contributed by atoms with Crippen LogP contribution in [0.3, 0.4) is 0 Å². The van der Waals surface area contributed by atoms with Gasteiger partial charge >= 0.3 is 0 Å². The number of morpholine rings is 1. The van der Waals surface area contributed by atoms with Gasteiger partial charge in [0.2, 0.25) is 0 Å². The maximum absolute atomic E-state index is 12.1. The molecule has 1 N–H and O–H groups in total. The van der Waals surface area contributed by atoms with E-state index in [9.17, 15) is 14.9 Å². The Morgan fingerprint density at radius 1 is 1.35 bits per heavy atom. The summed E-state index contributed by atoms with van der Waals surface area (Å²) >= 11 is 0. The first kappa shape index (κ1) is 15.7. The van der Waals surface area contributed by atoms with Crippen molar-refractivity contribution in [2.24, 2.45) is 0 Å². The predicted molar refractivity (Wildman–Crippen MR) is 85.8 cm³/mol. The molecule has 7 nitrogen and oxygen atoms in total. The lowest BCUT2D eigenvalue weighted by Crippen LogP contribution is -2.42. The van der Waals surface area contributed by atoms with Crippen molar-refractivity contribution in [3.05, 3.63) is 33.9 Å². The Morgan fingerprint density at radius 3 is 2.57 bits per heavy atom. The smallest absolute Gasteiger partial charge is 0.293 e. The summed E-state index contributed by atoms with van der Waals surface area (Å²) in [4.78, 5) is 25.1. The van der Waals surface area contributed by atoms with Crippen LogP contribution >= 0.6 is 0 Å². The quantitative estimate of drug-likeness (QED) is 0.678. The number of fused-ring (bicyclic) bond motifs is 2. The number of amides is 1. The van der Waals surface area contributed by atoms with Crippen LogP contribution in [0.15, 0.2) is 18.2 Å². The van der Waals surface area contributed by atoms with Crippen molar-refractivity contribution in [2.75, 3.05) is 18.0 Å². The molecule has 7 heteroatoms. The third-order valence-corrected chi connectivity index (χ3v) is 4.24. The highest BCUT2D eigenvalue weighted by Gasteiger charge is 2.36. The highest BCUT2D eigenvalue weighted by molar-refractivity contribution is 5.96. The van der Waals surface area contributed by atoms with E-state index in [0.717, 1.165) is 12.8 Å². The second-order valence-corrected chi connectivity index (χ2v) is 6.45. The molecule has 1 aromatic carbocycles. The number of nitro groups is 1. The minimum Gasteiger partial charge on any atom is -0.371 e. The molecular weight excluding hydrogens is 298 g/mol. The number of carbonyl (C=O) groups excluding carboxylic acids is 1. The van der Waals surface area contributed by atoms with Gasteiger partial charge in [0, 0.05) is 30.8 Å². The molecule has 2 bridgehead atoms. The van der Waals surface area contributed by atoms with Gasteiger partial charge in [-0.1, -0.05) is 0 Å². The van der Waals surface area contributed by atoms with E-state index < -0.39 is 4.92 Å². The Labute approximate surface area is 134 Å². The normalized spacial score (nSPS) is 23.2. The van der Waals surface area contributed by atoms with Crippen molar-refractivity contribution < 1.29 is 14.5 Å². The maximum atomic E-state index is 12.1. The molecule has 0 radical (unpaired) electrons. The molecule has 124 valence electrons.